The lowest BCUT2D eigenvalue weighted by Gasteiger charge is -2.19. The average Bonchev–Trinajstić information content (AvgIpc) is 2.31. The van der Waals surface area contributed by atoms with Gasteiger partial charge in [0.1, 0.15) is 0 Å². The van der Waals surface area contributed by atoms with E-state index in [9.17, 15) is 0 Å². The van der Waals surface area contributed by atoms with E-state index in [1.165, 1.54) is 0 Å². The number of nitrogens with zero attached hydrogens (tertiary/aromatic N) is 2. The third kappa shape index (κ3) is 2.08. The molecule has 1 atom stereocenters. The number of rotatable bonds is 3. The van der Waals surface area contributed by atoms with Crippen LogP contribution in [-0.4, -0.2) is 9.78 Å². The van der Waals surface area contributed by atoms with E-state index in [0.717, 1.165) is 11.4 Å². The number of hydrogen-bond acceptors (Lipinski definition) is 3. The van der Waals surface area contributed by atoms with Gasteiger partial charge in [0.2, 0.25) is 0 Å². The van der Waals surface area contributed by atoms with Gasteiger partial charge in [-0.2, -0.15) is 5.10 Å². The summed E-state index contributed by atoms with van der Waals surface area (Å²) in [5.41, 5.74) is 4.97. The molecule has 74 valence electrons. The smallest absolute Gasteiger partial charge is 0.0651 e. The topological polar surface area (TPSA) is 55.9 Å². The van der Waals surface area contributed by atoms with E-state index in [0.29, 0.717) is 5.92 Å². The lowest BCUT2D eigenvalue weighted by Crippen LogP contribution is -2.32. The minimum atomic E-state index is 0.172. The Balaban J connectivity index is 2.97. The summed E-state index contributed by atoms with van der Waals surface area (Å²) in [6, 6.07) is 2.23. The molecule has 0 aliphatic rings. The van der Waals surface area contributed by atoms with E-state index >= 15 is 0 Å². The summed E-state index contributed by atoms with van der Waals surface area (Å²) in [7, 11) is 1.94. The van der Waals surface area contributed by atoms with Crippen LogP contribution in [0, 0.1) is 12.8 Å². The van der Waals surface area contributed by atoms with Crippen molar-refractivity contribution in [2.24, 2.45) is 18.8 Å². The van der Waals surface area contributed by atoms with Gasteiger partial charge in [-0.3, -0.25) is 16.0 Å². The summed E-state index contributed by atoms with van der Waals surface area (Å²) < 4.78 is 1.87. The van der Waals surface area contributed by atoms with Crippen LogP contribution in [0.2, 0.25) is 0 Å². The van der Waals surface area contributed by atoms with Gasteiger partial charge in [-0.05, 0) is 18.9 Å². The van der Waals surface area contributed by atoms with Crippen molar-refractivity contribution in [1.82, 2.24) is 15.2 Å². The van der Waals surface area contributed by atoms with Crippen molar-refractivity contribution >= 4 is 0 Å². The van der Waals surface area contributed by atoms with Crippen LogP contribution in [0.25, 0.3) is 0 Å². The van der Waals surface area contributed by atoms with Gasteiger partial charge in [0.15, 0.2) is 0 Å². The second kappa shape index (κ2) is 3.89. The molecular weight excluding hydrogens is 164 g/mol. The normalized spacial score (nSPS) is 13.7. The van der Waals surface area contributed by atoms with E-state index in [1.807, 2.05) is 18.7 Å². The van der Waals surface area contributed by atoms with Crippen LogP contribution < -0.4 is 11.3 Å². The molecule has 1 heterocycles. The molecule has 13 heavy (non-hydrogen) atoms. The zero-order valence-electron chi connectivity index (χ0n) is 8.70. The second-order valence-corrected chi connectivity index (χ2v) is 3.72. The summed E-state index contributed by atoms with van der Waals surface area (Å²) in [5, 5.41) is 4.28. The Morgan fingerprint density at radius 2 is 2.15 bits per heavy atom. The summed E-state index contributed by atoms with van der Waals surface area (Å²) >= 11 is 0. The highest BCUT2D eigenvalue weighted by molar-refractivity contribution is 5.13. The monoisotopic (exact) mass is 182 g/mol. The van der Waals surface area contributed by atoms with Crippen molar-refractivity contribution in [2.45, 2.75) is 26.8 Å². The van der Waals surface area contributed by atoms with Crippen molar-refractivity contribution in [3.05, 3.63) is 17.5 Å². The second-order valence-electron chi connectivity index (χ2n) is 3.72. The highest BCUT2D eigenvalue weighted by atomic mass is 15.3. The molecular formula is C9H18N4. The molecule has 0 saturated heterocycles. The van der Waals surface area contributed by atoms with Crippen LogP contribution in [0.3, 0.4) is 0 Å². The first-order valence-corrected chi connectivity index (χ1v) is 4.53. The Hall–Kier alpha value is -0.870. The molecule has 0 aliphatic carbocycles. The molecule has 0 spiro atoms. The molecule has 3 N–H and O–H groups in total. The van der Waals surface area contributed by atoms with E-state index in [1.54, 1.807) is 0 Å². The summed E-state index contributed by atoms with van der Waals surface area (Å²) in [6.45, 7) is 6.25. The molecule has 4 nitrogen and oxygen atoms in total. The van der Waals surface area contributed by atoms with E-state index in [4.69, 9.17) is 5.84 Å². The van der Waals surface area contributed by atoms with Crippen LogP contribution in [0.4, 0.5) is 0 Å². The quantitative estimate of drug-likeness (QED) is 0.539. The van der Waals surface area contributed by atoms with Gasteiger partial charge in [-0.15, -0.1) is 0 Å². The van der Waals surface area contributed by atoms with Crippen LogP contribution in [0.15, 0.2) is 6.07 Å². The number of aryl methyl sites for hydroxylation is 2. The molecule has 0 bridgehead atoms. The van der Waals surface area contributed by atoms with E-state index < -0.39 is 0 Å². The Labute approximate surface area is 79.1 Å². The van der Waals surface area contributed by atoms with Gasteiger partial charge in [-0.1, -0.05) is 13.8 Å². The maximum Gasteiger partial charge on any atom is 0.0651 e. The highest BCUT2D eigenvalue weighted by Crippen LogP contribution is 2.20. The predicted molar refractivity (Wildman–Crippen MR) is 52.8 cm³/mol. The first kappa shape index (κ1) is 10.2. The first-order chi connectivity index (χ1) is 6.06. The molecule has 4 heteroatoms. The van der Waals surface area contributed by atoms with Gasteiger partial charge in [-0.25, -0.2) is 0 Å². The lowest BCUT2D eigenvalue weighted by atomic mass is 10.0. The standard InChI is InChI=1S/C9H18N4/c1-6(2)9(11-10)8-5-7(3)12-13(8)4/h5-6,9,11H,10H2,1-4H3. The molecule has 0 fully saturated rings. The third-order valence-corrected chi connectivity index (χ3v) is 2.20. The Morgan fingerprint density at radius 1 is 1.54 bits per heavy atom. The molecule has 1 rings (SSSR count). The van der Waals surface area contributed by atoms with E-state index in [2.05, 4.69) is 30.4 Å². The van der Waals surface area contributed by atoms with Crippen molar-refractivity contribution in [3.63, 3.8) is 0 Å². The molecule has 1 unspecified atom stereocenters. The largest absolute Gasteiger partial charge is 0.271 e. The SMILES string of the molecule is Cc1cc(C(NN)C(C)C)n(C)n1. The minimum absolute atomic E-state index is 0.172. The Kier molecular flexibility index (Phi) is 3.06. The minimum Gasteiger partial charge on any atom is -0.271 e. The van der Waals surface area contributed by atoms with Gasteiger partial charge >= 0.3 is 0 Å². The molecule has 0 saturated carbocycles. The van der Waals surface area contributed by atoms with Crippen molar-refractivity contribution in [3.8, 4) is 0 Å². The highest BCUT2D eigenvalue weighted by Gasteiger charge is 2.17. The molecule has 0 amide bonds. The lowest BCUT2D eigenvalue weighted by molar-refractivity contribution is 0.397. The zero-order chi connectivity index (χ0) is 10.0. The average molecular weight is 182 g/mol. The van der Waals surface area contributed by atoms with Crippen LogP contribution in [-0.2, 0) is 7.05 Å². The number of aromatic nitrogens is 2. The van der Waals surface area contributed by atoms with Crippen LogP contribution in [0.5, 0.6) is 0 Å². The fourth-order valence-electron chi connectivity index (χ4n) is 1.54. The first-order valence-electron chi connectivity index (χ1n) is 4.53. The molecule has 1 aromatic heterocycles. The number of nitrogens with two attached hydrogens (primary N) is 1. The van der Waals surface area contributed by atoms with Crippen LogP contribution >= 0.6 is 0 Å². The number of nitrogens with one attached hydrogen (secondary N) is 1. The summed E-state index contributed by atoms with van der Waals surface area (Å²) in [4.78, 5) is 0. The third-order valence-electron chi connectivity index (χ3n) is 2.20. The fourth-order valence-corrected chi connectivity index (χ4v) is 1.54. The summed E-state index contributed by atoms with van der Waals surface area (Å²) in [5.74, 6) is 5.95. The number of hydrogen-bond donors (Lipinski definition) is 2. The van der Waals surface area contributed by atoms with E-state index in [-0.39, 0.29) is 6.04 Å². The van der Waals surface area contributed by atoms with Gasteiger partial charge in [0.05, 0.1) is 17.4 Å². The summed E-state index contributed by atoms with van der Waals surface area (Å²) in [6.07, 6.45) is 0. The zero-order valence-corrected chi connectivity index (χ0v) is 8.70. The van der Waals surface area contributed by atoms with Crippen molar-refractivity contribution in [2.75, 3.05) is 0 Å². The molecule has 0 aromatic carbocycles. The molecule has 0 radical (unpaired) electrons. The van der Waals surface area contributed by atoms with Crippen molar-refractivity contribution in [1.29, 1.82) is 0 Å². The molecule has 1 aromatic rings. The predicted octanol–water partition coefficient (Wildman–Crippen LogP) is 0.889. The maximum atomic E-state index is 5.49. The number of hydrazine groups is 1. The Morgan fingerprint density at radius 3 is 2.46 bits per heavy atom. The van der Waals surface area contributed by atoms with Gasteiger partial charge < -0.3 is 0 Å². The van der Waals surface area contributed by atoms with Crippen LogP contribution in [0.1, 0.15) is 31.3 Å². The van der Waals surface area contributed by atoms with Crippen molar-refractivity contribution < 1.29 is 0 Å². The Bertz CT molecular complexity index is 277. The van der Waals surface area contributed by atoms with Gasteiger partial charge in [0.25, 0.3) is 0 Å². The molecule has 0 aliphatic heterocycles. The maximum absolute atomic E-state index is 5.49. The van der Waals surface area contributed by atoms with Gasteiger partial charge in [0, 0.05) is 7.05 Å². The fraction of sp³-hybridized carbons (Fsp3) is 0.667.